The van der Waals surface area contributed by atoms with Crippen molar-refractivity contribution in [2.45, 2.75) is 45.1 Å². The molecule has 230 valence electrons. The molecular formula is C32H30F3N3O6. The minimum Gasteiger partial charge on any atom is -0.497 e. The molecule has 2 heterocycles. The van der Waals surface area contributed by atoms with E-state index in [1.54, 1.807) is 98.8 Å². The summed E-state index contributed by atoms with van der Waals surface area (Å²) in [6, 6.07) is 22.7. The predicted octanol–water partition coefficient (Wildman–Crippen LogP) is 6.27. The van der Waals surface area contributed by atoms with Crippen LogP contribution >= 0.6 is 0 Å². The van der Waals surface area contributed by atoms with Crippen molar-refractivity contribution in [2.24, 2.45) is 11.8 Å². The summed E-state index contributed by atoms with van der Waals surface area (Å²) in [5, 5.41) is 8.24. The van der Waals surface area contributed by atoms with Crippen molar-refractivity contribution in [1.29, 1.82) is 0 Å². The second-order valence-electron chi connectivity index (χ2n) is 10.5. The number of hydrogen-bond donors (Lipinski definition) is 0. The van der Waals surface area contributed by atoms with E-state index in [0.717, 1.165) is 4.57 Å². The van der Waals surface area contributed by atoms with Crippen LogP contribution in [0.15, 0.2) is 84.9 Å². The van der Waals surface area contributed by atoms with E-state index in [1.807, 2.05) is 0 Å². The van der Waals surface area contributed by atoms with Crippen LogP contribution in [0.1, 0.15) is 46.5 Å². The van der Waals surface area contributed by atoms with Crippen LogP contribution in [-0.4, -0.2) is 52.4 Å². The second-order valence-corrected chi connectivity index (χ2v) is 10.5. The number of hydrogen-bond acceptors (Lipinski definition) is 8. The Kier molecular flexibility index (Phi) is 9.00. The van der Waals surface area contributed by atoms with Crippen LogP contribution in [0.25, 0.3) is 11.4 Å². The van der Waals surface area contributed by atoms with Gasteiger partial charge in [0.25, 0.3) is 0 Å². The second kappa shape index (κ2) is 12.9. The first kappa shape index (κ1) is 30.7. The van der Waals surface area contributed by atoms with E-state index in [4.69, 9.17) is 18.9 Å². The average molecular weight is 610 g/mol. The van der Waals surface area contributed by atoms with Crippen molar-refractivity contribution in [2.75, 3.05) is 7.11 Å². The molecule has 1 fully saturated rings. The summed E-state index contributed by atoms with van der Waals surface area (Å²) in [5.41, 5.74) is 0.873. The number of esters is 2. The number of carbonyl (C=O) groups is 2. The molecule has 0 radical (unpaired) electrons. The monoisotopic (exact) mass is 609 g/mol. The molecule has 3 aromatic carbocycles. The molecular weight excluding hydrogens is 579 g/mol. The van der Waals surface area contributed by atoms with Crippen LogP contribution in [0.5, 0.6) is 5.75 Å². The lowest BCUT2D eigenvalue weighted by Crippen LogP contribution is -2.50. The van der Waals surface area contributed by atoms with Gasteiger partial charge in [-0.15, -0.1) is 10.2 Å². The van der Waals surface area contributed by atoms with E-state index >= 15 is 0 Å². The van der Waals surface area contributed by atoms with Crippen molar-refractivity contribution >= 4 is 11.9 Å². The standard InChI is InChI=1S/C32H30F3N3O6/c1-19-20(2)26(42-29(39)22-10-6-4-7-11-22)31(44-30(40)23-12-8-5-9-13-23)43-25(19)28-37-36-27(38(28)18-32(33,34)35)21-14-16-24(41-3)17-15-21/h4-17,19-20,25-26,31H,18H2,1-3H3/t19-,20-,25?,26?,31?/m0/s1. The fourth-order valence-electron chi connectivity index (χ4n) is 5.05. The van der Waals surface area contributed by atoms with Gasteiger partial charge < -0.3 is 18.9 Å². The van der Waals surface area contributed by atoms with E-state index in [9.17, 15) is 22.8 Å². The molecule has 1 aromatic heterocycles. The molecule has 1 aliphatic rings. The maximum atomic E-state index is 13.9. The SMILES string of the molecule is COc1ccc(-c2nnc(C3OC(OC(=O)c4ccccc4)C(OC(=O)c4ccccc4)[C@@H](C)[C@@H]3C)n2CC(F)(F)F)cc1. The number of halogens is 3. The van der Waals surface area contributed by atoms with Crippen LogP contribution < -0.4 is 4.74 Å². The summed E-state index contributed by atoms with van der Waals surface area (Å²) in [5.74, 6) is -2.13. The van der Waals surface area contributed by atoms with Crippen LogP contribution in [0.2, 0.25) is 0 Å². The number of aromatic nitrogens is 3. The predicted molar refractivity (Wildman–Crippen MR) is 152 cm³/mol. The summed E-state index contributed by atoms with van der Waals surface area (Å²) >= 11 is 0. The highest BCUT2D eigenvalue weighted by Gasteiger charge is 2.49. The Bertz CT molecular complexity index is 1580. The Labute approximate surface area is 251 Å². The Morgan fingerprint density at radius 2 is 1.39 bits per heavy atom. The maximum absolute atomic E-state index is 13.9. The van der Waals surface area contributed by atoms with Gasteiger partial charge in [0.15, 0.2) is 17.8 Å². The minimum absolute atomic E-state index is 0.0288. The molecule has 0 amide bonds. The highest BCUT2D eigenvalue weighted by atomic mass is 19.4. The fraction of sp³-hybridized carbons (Fsp3) is 0.312. The zero-order valence-electron chi connectivity index (χ0n) is 24.1. The van der Waals surface area contributed by atoms with Crippen molar-refractivity contribution in [3.8, 4) is 17.1 Å². The normalized spacial score (nSPS) is 21.8. The molecule has 5 atom stereocenters. The molecule has 4 aromatic rings. The van der Waals surface area contributed by atoms with Gasteiger partial charge in [-0.05, 0) is 54.4 Å². The molecule has 0 bridgehead atoms. The van der Waals surface area contributed by atoms with Gasteiger partial charge in [-0.25, -0.2) is 9.59 Å². The van der Waals surface area contributed by atoms with Crippen molar-refractivity contribution in [3.05, 3.63) is 102 Å². The summed E-state index contributed by atoms with van der Waals surface area (Å²) in [4.78, 5) is 26.2. The number of alkyl halides is 3. The zero-order valence-corrected chi connectivity index (χ0v) is 24.1. The van der Waals surface area contributed by atoms with Crippen LogP contribution in [-0.2, 0) is 20.8 Å². The largest absolute Gasteiger partial charge is 0.497 e. The molecule has 12 heteroatoms. The number of carbonyl (C=O) groups excluding carboxylic acids is 2. The quantitative estimate of drug-likeness (QED) is 0.216. The van der Waals surface area contributed by atoms with Crippen molar-refractivity contribution in [1.82, 2.24) is 14.8 Å². The van der Waals surface area contributed by atoms with Gasteiger partial charge in [-0.2, -0.15) is 13.2 Å². The highest BCUT2D eigenvalue weighted by Crippen LogP contribution is 2.42. The lowest BCUT2D eigenvalue weighted by Gasteiger charge is -2.43. The summed E-state index contributed by atoms with van der Waals surface area (Å²) in [6.07, 6.45) is -8.27. The Morgan fingerprint density at radius 1 is 0.818 bits per heavy atom. The van der Waals surface area contributed by atoms with Gasteiger partial charge in [-0.1, -0.05) is 50.2 Å². The molecule has 44 heavy (non-hydrogen) atoms. The van der Waals surface area contributed by atoms with E-state index in [1.165, 1.54) is 7.11 Å². The number of rotatable bonds is 8. The van der Waals surface area contributed by atoms with Gasteiger partial charge in [0.05, 0.1) is 18.2 Å². The molecule has 1 saturated heterocycles. The van der Waals surface area contributed by atoms with Gasteiger partial charge in [0, 0.05) is 11.5 Å². The third-order valence-electron chi connectivity index (χ3n) is 7.58. The maximum Gasteiger partial charge on any atom is 0.406 e. The Morgan fingerprint density at radius 3 is 1.93 bits per heavy atom. The van der Waals surface area contributed by atoms with Crippen molar-refractivity contribution < 1.29 is 41.7 Å². The van der Waals surface area contributed by atoms with Crippen LogP contribution in [0, 0.1) is 11.8 Å². The van der Waals surface area contributed by atoms with Gasteiger partial charge >= 0.3 is 18.1 Å². The molecule has 5 rings (SSSR count). The lowest BCUT2D eigenvalue weighted by atomic mass is 9.83. The Balaban J connectivity index is 1.51. The third-order valence-corrected chi connectivity index (χ3v) is 7.58. The first-order valence-corrected chi connectivity index (χ1v) is 13.9. The van der Waals surface area contributed by atoms with Gasteiger partial charge in [0.1, 0.15) is 18.4 Å². The number of benzene rings is 3. The van der Waals surface area contributed by atoms with Crippen LogP contribution in [0.3, 0.4) is 0 Å². The molecule has 1 aliphatic heterocycles. The summed E-state index contributed by atoms with van der Waals surface area (Å²) in [7, 11) is 1.48. The minimum atomic E-state index is -4.62. The van der Waals surface area contributed by atoms with Crippen molar-refractivity contribution in [3.63, 3.8) is 0 Å². The molecule has 3 unspecified atom stereocenters. The van der Waals surface area contributed by atoms with E-state index in [-0.39, 0.29) is 22.8 Å². The first-order valence-electron chi connectivity index (χ1n) is 13.9. The van der Waals surface area contributed by atoms with Gasteiger partial charge in [0.2, 0.25) is 6.29 Å². The molecule has 0 aliphatic carbocycles. The third kappa shape index (κ3) is 6.75. The van der Waals surface area contributed by atoms with Crippen LogP contribution in [0.4, 0.5) is 13.2 Å². The number of ether oxygens (including phenoxy) is 4. The number of nitrogens with zero attached hydrogens (tertiary/aromatic N) is 3. The molecule has 0 N–H and O–H groups in total. The summed E-state index contributed by atoms with van der Waals surface area (Å²) in [6.45, 7) is 2.10. The zero-order chi connectivity index (χ0) is 31.4. The summed E-state index contributed by atoms with van der Waals surface area (Å²) < 4.78 is 65.5. The topological polar surface area (TPSA) is 102 Å². The molecule has 0 saturated carbocycles. The fourth-order valence-corrected chi connectivity index (χ4v) is 5.05. The van der Waals surface area contributed by atoms with E-state index in [2.05, 4.69) is 10.2 Å². The lowest BCUT2D eigenvalue weighted by molar-refractivity contribution is -0.253. The Hall–Kier alpha value is -4.71. The van der Waals surface area contributed by atoms with E-state index < -0.39 is 55.0 Å². The number of methoxy groups -OCH3 is 1. The average Bonchev–Trinajstić information content (AvgIpc) is 3.42. The molecule has 9 nitrogen and oxygen atoms in total. The molecule has 0 spiro atoms. The highest BCUT2D eigenvalue weighted by molar-refractivity contribution is 5.90. The first-order chi connectivity index (χ1) is 21.1. The smallest absolute Gasteiger partial charge is 0.406 e. The van der Waals surface area contributed by atoms with E-state index in [0.29, 0.717) is 11.3 Å². The van der Waals surface area contributed by atoms with Gasteiger partial charge in [-0.3, -0.25) is 4.57 Å².